The van der Waals surface area contributed by atoms with Crippen LogP contribution in [-0.4, -0.2) is 72.1 Å². The molecule has 2 aliphatic rings. The van der Waals surface area contributed by atoms with E-state index in [1.54, 1.807) is 15.9 Å². The van der Waals surface area contributed by atoms with Gasteiger partial charge in [0.25, 0.3) is 5.91 Å². The number of alkyl halides is 3. The number of hydrogen-bond acceptors (Lipinski definition) is 8. The standard InChI is InChI=1S/C22H26F3N5O4S/c1-14(31)29-6-8-30(9-7-29)19-11-18(22(23,24)25)27-21(28-19)35-13-16-4-5-17(34-16)20(32)26-12-15-3-2-10-33-15/h4-5,11,15H,2-3,6-10,12-13H2,1H3,(H,26,32). The van der Waals surface area contributed by atoms with Crippen molar-refractivity contribution in [2.45, 2.75) is 43.0 Å². The van der Waals surface area contributed by atoms with Crippen LogP contribution in [-0.2, 0) is 21.5 Å². The molecule has 9 nitrogen and oxygen atoms in total. The summed E-state index contributed by atoms with van der Waals surface area (Å²) in [7, 11) is 0. The second-order valence-electron chi connectivity index (χ2n) is 8.28. The largest absolute Gasteiger partial charge is 0.455 e. The van der Waals surface area contributed by atoms with Crippen LogP contribution >= 0.6 is 11.8 Å². The molecule has 1 atom stereocenters. The van der Waals surface area contributed by atoms with Crippen molar-refractivity contribution in [2.75, 3.05) is 44.2 Å². The minimum atomic E-state index is -4.63. The molecule has 2 aliphatic heterocycles. The van der Waals surface area contributed by atoms with E-state index in [1.165, 1.54) is 13.0 Å². The number of nitrogens with one attached hydrogen (secondary N) is 1. The zero-order valence-electron chi connectivity index (χ0n) is 19.1. The summed E-state index contributed by atoms with van der Waals surface area (Å²) in [5, 5.41) is 2.71. The van der Waals surface area contributed by atoms with E-state index in [0.717, 1.165) is 30.7 Å². The fourth-order valence-electron chi connectivity index (χ4n) is 3.85. The monoisotopic (exact) mass is 513 g/mol. The molecule has 190 valence electrons. The van der Waals surface area contributed by atoms with Gasteiger partial charge in [0.1, 0.15) is 11.6 Å². The molecule has 4 rings (SSSR count). The Balaban J connectivity index is 1.40. The summed E-state index contributed by atoms with van der Waals surface area (Å²) in [5.74, 6) is 0.392. The van der Waals surface area contributed by atoms with Gasteiger partial charge >= 0.3 is 6.18 Å². The highest BCUT2D eigenvalue weighted by atomic mass is 32.2. The molecule has 2 aromatic rings. The third-order valence-corrected chi connectivity index (χ3v) is 6.64. The fraction of sp³-hybridized carbons (Fsp3) is 0.545. The zero-order chi connectivity index (χ0) is 25.0. The Bertz CT molecular complexity index is 1050. The van der Waals surface area contributed by atoms with Crippen LogP contribution < -0.4 is 10.2 Å². The molecule has 13 heteroatoms. The number of carbonyl (C=O) groups excluding carboxylic acids is 2. The van der Waals surface area contributed by atoms with Crippen LogP contribution in [0.5, 0.6) is 0 Å². The number of carbonyl (C=O) groups is 2. The normalized spacial score (nSPS) is 18.7. The molecule has 2 fully saturated rings. The molecule has 0 saturated carbocycles. The molecule has 35 heavy (non-hydrogen) atoms. The maximum atomic E-state index is 13.5. The first-order valence-corrected chi connectivity index (χ1v) is 12.3. The van der Waals surface area contributed by atoms with Gasteiger partial charge in [-0.1, -0.05) is 11.8 Å². The third-order valence-electron chi connectivity index (χ3n) is 5.77. The lowest BCUT2D eigenvalue weighted by Crippen LogP contribution is -2.48. The van der Waals surface area contributed by atoms with E-state index in [0.29, 0.717) is 45.1 Å². The highest BCUT2D eigenvalue weighted by Gasteiger charge is 2.34. The van der Waals surface area contributed by atoms with Crippen molar-refractivity contribution >= 4 is 29.4 Å². The molecule has 2 saturated heterocycles. The van der Waals surface area contributed by atoms with Gasteiger partial charge in [0.05, 0.1) is 11.9 Å². The van der Waals surface area contributed by atoms with Crippen molar-refractivity contribution in [3.8, 4) is 0 Å². The first-order chi connectivity index (χ1) is 16.7. The average Bonchev–Trinajstić information content (AvgIpc) is 3.53. The Morgan fingerprint density at radius 3 is 2.63 bits per heavy atom. The highest BCUT2D eigenvalue weighted by Crippen LogP contribution is 2.32. The van der Waals surface area contributed by atoms with Crippen LogP contribution in [0.25, 0.3) is 0 Å². The Labute approximate surface area is 204 Å². The van der Waals surface area contributed by atoms with Crippen molar-refractivity contribution < 1.29 is 31.9 Å². The number of piperazine rings is 1. The SMILES string of the molecule is CC(=O)N1CCN(c2cc(C(F)(F)F)nc(SCc3ccc(C(=O)NCC4CCCO4)o3)n2)CC1. The van der Waals surface area contributed by atoms with Gasteiger partial charge in [-0.05, 0) is 25.0 Å². The molecular formula is C22H26F3N5O4S. The van der Waals surface area contributed by atoms with E-state index < -0.39 is 11.9 Å². The molecule has 2 amide bonds. The Morgan fingerprint density at radius 1 is 1.20 bits per heavy atom. The lowest BCUT2D eigenvalue weighted by Gasteiger charge is -2.35. The predicted molar refractivity (Wildman–Crippen MR) is 121 cm³/mol. The summed E-state index contributed by atoms with van der Waals surface area (Å²) in [4.78, 5) is 35.2. The first kappa shape index (κ1) is 25.3. The van der Waals surface area contributed by atoms with Crippen LogP contribution in [0.1, 0.15) is 41.8 Å². The second-order valence-corrected chi connectivity index (χ2v) is 9.23. The minimum Gasteiger partial charge on any atom is -0.455 e. The molecule has 1 unspecified atom stereocenters. The topological polar surface area (TPSA) is 101 Å². The molecule has 2 aromatic heterocycles. The van der Waals surface area contributed by atoms with Crippen molar-refractivity contribution in [3.05, 3.63) is 35.4 Å². The van der Waals surface area contributed by atoms with Crippen molar-refractivity contribution in [2.24, 2.45) is 0 Å². The Kier molecular flexibility index (Phi) is 7.85. The summed E-state index contributed by atoms with van der Waals surface area (Å²) in [6, 6.07) is 4.05. The number of thioether (sulfide) groups is 1. The number of anilines is 1. The zero-order valence-corrected chi connectivity index (χ0v) is 20.0. The number of ether oxygens (including phenoxy) is 1. The van der Waals surface area contributed by atoms with Gasteiger partial charge in [-0.2, -0.15) is 13.2 Å². The number of halogens is 3. The average molecular weight is 514 g/mol. The summed E-state index contributed by atoms with van der Waals surface area (Å²) in [5.41, 5.74) is -1.03. The van der Waals surface area contributed by atoms with E-state index >= 15 is 0 Å². The maximum Gasteiger partial charge on any atom is 0.433 e. The van der Waals surface area contributed by atoms with Crippen molar-refractivity contribution in [1.82, 2.24) is 20.2 Å². The number of amides is 2. The van der Waals surface area contributed by atoms with Gasteiger partial charge in [-0.15, -0.1) is 0 Å². The van der Waals surface area contributed by atoms with Crippen molar-refractivity contribution in [3.63, 3.8) is 0 Å². The molecule has 0 aliphatic carbocycles. The molecule has 1 N–H and O–H groups in total. The van der Waals surface area contributed by atoms with Crippen LogP contribution in [0.2, 0.25) is 0 Å². The summed E-state index contributed by atoms with van der Waals surface area (Å²) < 4.78 is 51.5. The molecule has 0 aromatic carbocycles. The number of hydrogen-bond donors (Lipinski definition) is 1. The number of aromatic nitrogens is 2. The van der Waals surface area contributed by atoms with Gasteiger partial charge < -0.3 is 24.3 Å². The first-order valence-electron chi connectivity index (χ1n) is 11.3. The van der Waals surface area contributed by atoms with Gasteiger partial charge in [0.2, 0.25) is 5.91 Å². The maximum absolute atomic E-state index is 13.5. The quantitative estimate of drug-likeness (QED) is 0.446. The van der Waals surface area contributed by atoms with Gasteiger partial charge in [-0.25, -0.2) is 9.97 Å². The van der Waals surface area contributed by atoms with E-state index in [2.05, 4.69) is 15.3 Å². The molecular weight excluding hydrogens is 487 g/mol. The number of nitrogens with zero attached hydrogens (tertiary/aromatic N) is 4. The molecule has 0 spiro atoms. The summed E-state index contributed by atoms with van der Waals surface area (Å²) in [6.07, 6.45) is -2.77. The Hall–Kier alpha value is -2.80. The highest BCUT2D eigenvalue weighted by molar-refractivity contribution is 7.98. The lowest BCUT2D eigenvalue weighted by molar-refractivity contribution is -0.141. The van der Waals surface area contributed by atoms with Crippen LogP contribution in [0.3, 0.4) is 0 Å². The Morgan fingerprint density at radius 2 is 1.97 bits per heavy atom. The minimum absolute atomic E-state index is 0.00151. The lowest BCUT2D eigenvalue weighted by atomic mass is 10.2. The van der Waals surface area contributed by atoms with Crippen LogP contribution in [0.4, 0.5) is 19.0 Å². The van der Waals surface area contributed by atoms with E-state index in [9.17, 15) is 22.8 Å². The fourth-order valence-corrected chi connectivity index (χ4v) is 4.59. The van der Waals surface area contributed by atoms with E-state index in [1.807, 2.05) is 0 Å². The van der Waals surface area contributed by atoms with E-state index in [4.69, 9.17) is 9.15 Å². The van der Waals surface area contributed by atoms with Gasteiger partial charge in [0, 0.05) is 52.3 Å². The van der Waals surface area contributed by atoms with Crippen LogP contribution in [0.15, 0.2) is 27.8 Å². The molecule has 4 heterocycles. The van der Waals surface area contributed by atoms with Crippen LogP contribution in [0, 0.1) is 0 Å². The smallest absolute Gasteiger partial charge is 0.433 e. The predicted octanol–water partition coefficient (Wildman–Crippen LogP) is 2.96. The second kappa shape index (κ2) is 10.9. The molecule has 0 radical (unpaired) electrons. The van der Waals surface area contributed by atoms with Crippen molar-refractivity contribution in [1.29, 1.82) is 0 Å². The van der Waals surface area contributed by atoms with Gasteiger partial charge in [0.15, 0.2) is 16.6 Å². The van der Waals surface area contributed by atoms with E-state index in [-0.39, 0.29) is 40.4 Å². The third kappa shape index (κ3) is 6.66. The summed E-state index contributed by atoms with van der Waals surface area (Å²) >= 11 is 0.987. The number of rotatable bonds is 7. The van der Waals surface area contributed by atoms with Gasteiger partial charge in [-0.3, -0.25) is 9.59 Å². The molecule has 0 bridgehead atoms. The number of furan rings is 1. The summed E-state index contributed by atoms with van der Waals surface area (Å²) in [6.45, 7) is 4.12.